The zero-order valence-corrected chi connectivity index (χ0v) is 13.3. The van der Waals surface area contributed by atoms with Crippen molar-refractivity contribution in [2.24, 2.45) is 0 Å². The molecule has 0 aliphatic carbocycles. The maximum atomic E-state index is 14.6. The minimum absolute atomic E-state index is 0.0381. The van der Waals surface area contributed by atoms with Gasteiger partial charge in [0.25, 0.3) is 5.56 Å². The summed E-state index contributed by atoms with van der Waals surface area (Å²) < 4.78 is 15.9. The highest BCUT2D eigenvalue weighted by molar-refractivity contribution is 5.73. The van der Waals surface area contributed by atoms with E-state index in [1.165, 1.54) is 10.8 Å². The van der Waals surface area contributed by atoms with Crippen LogP contribution < -0.4 is 21.9 Å². The second-order valence-electron chi connectivity index (χ2n) is 6.04. The largest absolute Gasteiger partial charge is 0.396 e. The molecule has 1 unspecified atom stereocenters. The van der Waals surface area contributed by atoms with Crippen LogP contribution in [0, 0.1) is 19.7 Å². The molecular formula is C17H21FN4O. The molecule has 1 aromatic carbocycles. The first-order chi connectivity index (χ1) is 11.0. The normalized spacial score (nSPS) is 17.4. The molecule has 1 saturated heterocycles. The van der Waals surface area contributed by atoms with Crippen LogP contribution in [-0.4, -0.2) is 11.1 Å². The molecule has 0 spiro atoms. The third-order valence-corrected chi connectivity index (χ3v) is 4.22. The van der Waals surface area contributed by atoms with E-state index in [4.69, 9.17) is 5.73 Å². The van der Waals surface area contributed by atoms with Crippen molar-refractivity contribution in [1.29, 1.82) is 0 Å². The second-order valence-corrected chi connectivity index (χ2v) is 6.04. The number of aryl methyl sites for hydroxylation is 2. The maximum absolute atomic E-state index is 14.6. The van der Waals surface area contributed by atoms with Gasteiger partial charge in [0, 0.05) is 11.9 Å². The summed E-state index contributed by atoms with van der Waals surface area (Å²) in [5.74, 6) is -0.848. The average Bonchev–Trinajstić information content (AvgIpc) is 3.03. The van der Waals surface area contributed by atoms with E-state index in [-0.39, 0.29) is 17.5 Å². The van der Waals surface area contributed by atoms with Gasteiger partial charge < -0.3 is 11.1 Å². The van der Waals surface area contributed by atoms with E-state index in [1.54, 1.807) is 0 Å². The molecule has 0 saturated carbocycles. The third kappa shape index (κ3) is 2.94. The highest BCUT2D eigenvalue weighted by atomic mass is 19.1. The molecule has 1 fully saturated rings. The number of hydrogen-bond donors (Lipinski definition) is 3. The molecule has 23 heavy (non-hydrogen) atoms. The molecule has 0 amide bonds. The number of rotatable bonds is 3. The van der Waals surface area contributed by atoms with Gasteiger partial charge in [0.05, 0.1) is 11.9 Å². The summed E-state index contributed by atoms with van der Waals surface area (Å²) in [6.07, 6.45) is 3.08. The number of benzene rings is 1. The van der Waals surface area contributed by atoms with Gasteiger partial charge in [-0.2, -0.15) is 4.39 Å². The number of pyridine rings is 1. The van der Waals surface area contributed by atoms with Crippen LogP contribution >= 0.6 is 0 Å². The molecule has 0 radical (unpaired) electrons. The topological polar surface area (TPSA) is 72.1 Å². The van der Waals surface area contributed by atoms with Gasteiger partial charge in [-0.1, -0.05) is 17.7 Å². The predicted molar refractivity (Wildman–Crippen MR) is 90.5 cm³/mol. The highest BCUT2D eigenvalue weighted by Gasteiger charge is 2.22. The molecule has 2 aromatic rings. The molecule has 1 aromatic heterocycles. The summed E-state index contributed by atoms with van der Waals surface area (Å²) in [7, 11) is 0. The van der Waals surface area contributed by atoms with Crippen LogP contribution in [0.4, 0.5) is 21.5 Å². The van der Waals surface area contributed by atoms with Crippen LogP contribution in [-0.2, 0) is 0 Å². The average molecular weight is 316 g/mol. The van der Waals surface area contributed by atoms with Crippen LogP contribution in [0.1, 0.15) is 30.1 Å². The van der Waals surface area contributed by atoms with Gasteiger partial charge in [0.1, 0.15) is 5.69 Å². The van der Waals surface area contributed by atoms with Crippen molar-refractivity contribution in [2.75, 3.05) is 17.6 Å². The number of nitrogen functional groups attached to an aromatic ring is 1. The zero-order chi connectivity index (χ0) is 16.6. The van der Waals surface area contributed by atoms with Crippen molar-refractivity contribution in [2.45, 2.75) is 32.9 Å². The van der Waals surface area contributed by atoms with E-state index in [9.17, 15) is 9.18 Å². The summed E-state index contributed by atoms with van der Waals surface area (Å²) in [4.78, 5) is 12.3. The van der Waals surface area contributed by atoms with Crippen molar-refractivity contribution < 1.29 is 4.39 Å². The van der Waals surface area contributed by atoms with Crippen molar-refractivity contribution in [3.05, 3.63) is 51.7 Å². The number of aromatic nitrogens is 1. The number of nitrogens with two attached hydrogens (primary N) is 1. The lowest BCUT2D eigenvalue weighted by molar-refractivity contribution is 0.440. The van der Waals surface area contributed by atoms with E-state index >= 15 is 0 Å². The van der Waals surface area contributed by atoms with E-state index in [2.05, 4.69) is 10.6 Å². The number of nitrogens with zero attached hydrogens (tertiary/aromatic N) is 1. The van der Waals surface area contributed by atoms with Gasteiger partial charge >= 0.3 is 0 Å². The Morgan fingerprint density at radius 3 is 2.83 bits per heavy atom. The molecule has 3 rings (SSSR count). The first-order valence-corrected chi connectivity index (χ1v) is 7.75. The molecular weight excluding hydrogens is 295 g/mol. The highest BCUT2D eigenvalue weighted by Crippen LogP contribution is 2.28. The van der Waals surface area contributed by atoms with Gasteiger partial charge in [0.15, 0.2) is 0 Å². The Hall–Kier alpha value is -2.34. The molecule has 122 valence electrons. The Bertz CT molecular complexity index is 794. The van der Waals surface area contributed by atoms with E-state index in [1.807, 2.05) is 32.0 Å². The lowest BCUT2D eigenvalue weighted by atomic mass is 10.1. The lowest BCUT2D eigenvalue weighted by Crippen LogP contribution is -2.32. The fraction of sp³-hybridized carbons (Fsp3) is 0.353. The quantitative estimate of drug-likeness (QED) is 0.814. The Morgan fingerprint density at radius 2 is 2.17 bits per heavy atom. The summed E-state index contributed by atoms with van der Waals surface area (Å²) in [6.45, 7) is 4.73. The number of hydrogen-bond acceptors (Lipinski definition) is 4. The number of halogens is 1. The maximum Gasteiger partial charge on any atom is 0.290 e. The van der Waals surface area contributed by atoms with Crippen LogP contribution in [0.15, 0.2) is 29.2 Å². The zero-order valence-electron chi connectivity index (χ0n) is 13.3. The summed E-state index contributed by atoms with van der Waals surface area (Å²) in [5.41, 5.74) is 8.40. The number of nitrogens with one attached hydrogen (secondary N) is 2. The Labute approximate surface area is 134 Å². The minimum Gasteiger partial charge on any atom is -0.396 e. The molecule has 1 aliphatic rings. The fourth-order valence-electron chi connectivity index (χ4n) is 2.97. The van der Waals surface area contributed by atoms with E-state index < -0.39 is 11.4 Å². The standard InChI is InChI=1S/C17H21FN4O/c1-10-5-6-13(11(2)8-10)21-16-12(19)9-22(17(23)15(16)18)14-4-3-7-20-14/h5-6,8-9,14,20-21H,3-4,7,19H2,1-2H3. The number of anilines is 3. The Balaban J connectivity index is 2.00. The fourth-order valence-corrected chi connectivity index (χ4v) is 2.97. The first kappa shape index (κ1) is 15.6. The Morgan fingerprint density at radius 1 is 1.39 bits per heavy atom. The summed E-state index contributed by atoms with van der Waals surface area (Å²) in [5, 5.41) is 6.13. The monoisotopic (exact) mass is 316 g/mol. The van der Waals surface area contributed by atoms with Crippen molar-refractivity contribution in [1.82, 2.24) is 9.88 Å². The molecule has 1 atom stereocenters. The second kappa shape index (κ2) is 6.04. The molecule has 1 aliphatic heterocycles. The van der Waals surface area contributed by atoms with Crippen LogP contribution in [0.2, 0.25) is 0 Å². The predicted octanol–water partition coefficient (Wildman–Crippen LogP) is 2.81. The third-order valence-electron chi connectivity index (χ3n) is 4.22. The molecule has 5 nitrogen and oxygen atoms in total. The lowest BCUT2D eigenvalue weighted by Gasteiger charge is -2.18. The van der Waals surface area contributed by atoms with Crippen molar-refractivity contribution in [3.63, 3.8) is 0 Å². The van der Waals surface area contributed by atoms with Gasteiger partial charge in [-0.3, -0.25) is 14.7 Å². The summed E-state index contributed by atoms with van der Waals surface area (Å²) in [6, 6.07) is 5.76. The van der Waals surface area contributed by atoms with Crippen molar-refractivity contribution >= 4 is 17.1 Å². The summed E-state index contributed by atoms with van der Waals surface area (Å²) >= 11 is 0. The molecule has 4 N–H and O–H groups in total. The van der Waals surface area contributed by atoms with Crippen LogP contribution in [0.25, 0.3) is 0 Å². The van der Waals surface area contributed by atoms with Crippen LogP contribution in [0.5, 0.6) is 0 Å². The first-order valence-electron chi connectivity index (χ1n) is 7.75. The van der Waals surface area contributed by atoms with Crippen molar-refractivity contribution in [3.8, 4) is 0 Å². The molecule has 6 heteroatoms. The van der Waals surface area contributed by atoms with E-state index in [0.717, 1.165) is 36.2 Å². The smallest absolute Gasteiger partial charge is 0.290 e. The van der Waals surface area contributed by atoms with E-state index in [0.29, 0.717) is 0 Å². The molecule has 2 heterocycles. The van der Waals surface area contributed by atoms with Gasteiger partial charge in [-0.05, 0) is 44.9 Å². The van der Waals surface area contributed by atoms with Gasteiger partial charge in [-0.25, -0.2) is 0 Å². The van der Waals surface area contributed by atoms with Crippen LogP contribution in [0.3, 0.4) is 0 Å². The minimum atomic E-state index is -0.848. The SMILES string of the molecule is Cc1ccc(Nc2c(N)cn(C3CCCN3)c(=O)c2F)c(C)c1. The van der Waals surface area contributed by atoms with Gasteiger partial charge in [-0.15, -0.1) is 0 Å². The van der Waals surface area contributed by atoms with Gasteiger partial charge in [0.2, 0.25) is 5.82 Å². The Kier molecular flexibility index (Phi) is 4.09. The molecule has 0 bridgehead atoms.